The summed E-state index contributed by atoms with van der Waals surface area (Å²) in [7, 11) is 2.04. The molecule has 44 heavy (non-hydrogen) atoms. The fourth-order valence-corrected chi connectivity index (χ4v) is 6.45. The van der Waals surface area contributed by atoms with Crippen molar-refractivity contribution >= 4 is 55.3 Å². The summed E-state index contributed by atoms with van der Waals surface area (Å²) in [4.78, 5) is 4.94. The van der Waals surface area contributed by atoms with E-state index in [2.05, 4.69) is 105 Å². The number of hydrogen-bond acceptors (Lipinski definition) is 1. The van der Waals surface area contributed by atoms with Crippen molar-refractivity contribution in [2.45, 2.75) is 0 Å². The number of hydrogen-bond donors (Lipinski definition) is 1. The Bertz CT molecular complexity index is 2350. The first-order valence-corrected chi connectivity index (χ1v) is 14.7. The molecule has 0 unspecified atom stereocenters. The fourth-order valence-electron chi connectivity index (χ4n) is 6.45. The molecule has 5 nitrogen and oxygen atoms in total. The Kier molecular flexibility index (Phi) is 6.09. The number of benzene rings is 6. The van der Waals surface area contributed by atoms with Gasteiger partial charge in [0.25, 0.3) is 0 Å². The third-order valence-corrected chi connectivity index (χ3v) is 8.36. The van der Waals surface area contributed by atoms with Gasteiger partial charge in [0.2, 0.25) is 0 Å². The van der Waals surface area contributed by atoms with Gasteiger partial charge in [-0.2, -0.15) is 0 Å². The average Bonchev–Trinajstić information content (AvgIpc) is 3.61. The molecule has 0 amide bonds. The summed E-state index contributed by atoms with van der Waals surface area (Å²) in [5.74, 6) is 0.902. The largest absolute Gasteiger partial charge is 0.309 e. The lowest BCUT2D eigenvalue weighted by Gasteiger charge is -2.25. The lowest BCUT2D eigenvalue weighted by Crippen LogP contribution is -2.37. The van der Waals surface area contributed by atoms with Crippen molar-refractivity contribution in [3.63, 3.8) is 0 Å². The second-order valence-corrected chi connectivity index (χ2v) is 10.9. The molecule has 5 heteroatoms. The maximum Gasteiger partial charge on any atom is 0.157 e. The molecule has 8 rings (SSSR count). The first-order valence-electron chi connectivity index (χ1n) is 14.7. The first kappa shape index (κ1) is 25.7. The lowest BCUT2D eigenvalue weighted by atomic mass is 10.1. The third-order valence-electron chi connectivity index (χ3n) is 8.36. The highest BCUT2D eigenvalue weighted by molar-refractivity contribution is 6.29. The first-order chi connectivity index (χ1) is 21.7. The van der Waals surface area contributed by atoms with Gasteiger partial charge in [0.1, 0.15) is 0 Å². The summed E-state index contributed by atoms with van der Waals surface area (Å²) in [6.45, 7) is 0. The Morgan fingerprint density at radius 2 is 1.02 bits per heavy atom. The SMILES string of the molecule is CN(C(=NC(=N)c1ccccc1)c1ccccc1)n1c2ccccc2c2c3c4ccccc4n(-c4ccccc4)c3ccc21. The third kappa shape index (κ3) is 4.02. The molecular weight excluding hydrogens is 538 g/mol. The van der Waals surface area contributed by atoms with Gasteiger partial charge in [0.15, 0.2) is 11.7 Å². The van der Waals surface area contributed by atoms with E-state index in [-0.39, 0.29) is 5.84 Å². The summed E-state index contributed by atoms with van der Waals surface area (Å²) < 4.78 is 4.60. The van der Waals surface area contributed by atoms with Crippen LogP contribution in [-0.4, -0.2) is 28.0 Å². The number of fused-ring (bicyclic) bond motifs is 7. The van der Waals surface area contributed by atoms with Crippen LogP contribution in [0, 0.1) is 5.41 Å². The molecule has 8 aromatic rings. The number of aromatic nitrogens is 2. The minimum Gasteiger partial charge on any atom is -0.309 e. The highest BCUT2D eigenvalue weighted by Gasteiger charge is 2.23. The molecule has 0 atom stereocenters. The van der Waals surface area contributed by atoms with Gasteiger partial charge in [0.05, 0.1) is 22.1 Å². The zero-order chi connectivity index (χ0) is 29.6. The van der Waals surface area contributed by atoms with E-state index in [0.29, 0.717) is 5.84 Å². The molecule has 0 spiro atoms. The van der Waals surface area contributed by atoms with Gasteiger partial charge in [-0.3, -0.25) is 15.1 Å². The van der Waals surface area contributed by atoms with Crippen molar-refractivity contribution in [2.75, 3.05) is 12.1 Å². The highest BCUT2D eigenvalue weighted by atomic mass is 15.6. The molecule has 0 aliphatic rings. The van der Waals surface area contributed by atoms with E-state index < -0.39 is 0 Å². The van der Waals surface area contributed by atoms with Crippen molar-refractivity contribution in [3.05, 3.63) is 163 Å². The summed E-state index contributed by atoms with van der Waals surface area (Å²) in [6, 6.07) is 52.1. The monoisotopic (exact) mass is 567 g/mol. The van der Waals surface area contributed by atoms with E-state index in [0.717, 1.165) is 27.8 Å². The molecule has 0 radical (unpaired) electrons. The van der Waals surface area contributed by atoms with Crippen molar-refractivity contribution < 1.29 is 0 Å². The molecule has 0 fully saturated rings. The Morgan fingerprint density at radius 1 is 0.523 bits per heavy atom. The summed E-state index contributed by atoms with van der Waals surface area (Å²) >= 11 is 0. The van der Waals surface area contributed by atoms with Crippen LogP contribution in [0.2, 0.25) is 0 Å². The van der Waals surface area contributed by atoms with Crippen LogP contribution in [0.4, 0.5) is 0 Å². The van der Waals surface area contributed by atoms with Gasteiger partial charge in [-0.1, -0.05) is 115 Å². The molecule has 0 bridgehead atoms. The normalized spacial score (nSPS) is 12.0. The molecule has 2 aromatic heterocycles. The van der Waals surface area contributed by atoms with Crippen molar-refractivity contribution in [1.29, 1.82) is 5.41 Å². The van der Waals surface area contributed by atoms with Crippen LogP contribution < -0.4 is 5.01 Å². The Morgan fingerprint density at radius 3 is 1.70 bits per heavy atom. The van der Waals surface area contributed by atoms with E-state index in [1.807, 2.05) is 67.7 Å². The molecule has 2 heterocycles. The van der Waals surface area contributed by atoms with Gasteiger partial charge in [-0.05, 0) is 36.4 Å². The Hall–Kier alpha value is -5.94. The van der Waals surface area contributed by atoms with Crippen LogP contribution in [0.5, 0.6) is 0 Å². The van der Waals surface area contributed by atoms with Gasteiger partial charge in [0, 0.05) is 45.4 Å². The quantitative estimate of drug-likeness (QED) is 0.168. The van der Waals surface area contributed by atoms with Crippen LogP contribution in [0.1, 0.15) is 11.1 Å². The number of para-hydroxylation sites is 3. The smallest absolute Gasteiger partial charge is 0.157 e. The van der Waals surface area contributed by atoms with Gasteiger partial charge < -0.3 is 4.57 Å². The van der Waals surface area contributed by atoms with Crippen molar-refractivity contribution in [2.24, 2.45) is 4.99 Å². The van der Waals surface area contributed by atoms with Crippen LogP contribution >= 0.6 is 0 Å². The van der Waals surface area contributed by atoms with Gasteiger partial charge in [-0.25, -0.2) is 4.99 Å². The summed E-state index contributed by atoms with van der Waals surface area (Å²) in [6.07, 6.45) is 0. The van der Waals surface area contributed by atoms with Crippen LogP contribution in [-0.2, 0) is 0 Å². The highest BCUT2D eigenvalue weighted by Crippen LogP contribution is 2.41. The number of amidine groups is 2. The number of nitrogens with zero attached hydrogens (tertiary/aromatic N) is 4. The number of aliphatic imine (C=N–C) groups is 1. The minimum absolute atomic E-state index is 0.213. The molecule has 1 N–H and O–H groups in total. The maximum absolute atomic E-state index is 8.91. The standard InChI is InChI=1S/C39H29N5/c1-42(39(28-17-7-3-8-18-28)41-38(40)27-15-5-2-6-16-27)44-33-24-14-12-22-31(33)37-35(44)26-25-34-36(37)30-21-11-13-23-32(30)43(34)29-19-9-4-10-20-29/h2-26,40H,1H3. The van der Waals surface area contributed by atoms with E-state index in [1.54, 1.807) is 0 Å². The van der Waals surface area contributed by atoms with Gasteiger partial charge in [-0.15, -0.1) is 0 Å². The maximum atomic E-state index is 8.91. The Labute approximate surface area is 255 Å². The zero-order valence-corrected chi connectivity index (χ0v) is 24.2. The predicted molar refractivity (Wildman–Crippen MR) is 184 cm³/mol. The minimum atomic E-state index is 0.213. The second-order valence-electron chi connectivity index (χ2n) is 10.9. The predicted octanol–water partition coefficient (Wildman–Crippen LogP) is 8.93. The number of rotatable bonds is 4. The molecule has 0 aliphatic heterocycles. The average molecular weight is 568 g/mol. The Balaban J connectivity index is 1.43. The van der Waals surface area contributed by atoms with E-state index >= 15 is 0 Å². The van der Waals surface area contributed by atoms with Crippen molar-refractivity contribution in [1.82, 2.24) is 9.24 Å². The van der Waals surface area contributed by atoms with E-state index in [9.17, 15) is 0 Å². The van der Waals surface area contributed by atoms with Crippen LogP contribution in [0.25, 0.3) is 49.3 Å². The molecular formula is C39H29N5. The zero-order valence-electron chi connectivity index (χ0n) is 24.2. The van der Waals surface area contributed by atoms with E-state index in [1.165, 1.54) is 32.6 Å². The van der Waals surface area contributed by atoms with E-state index in [4.69, 9.17) is 10.4 Å². The summed E-state index contributed by atoms with van der Waals surface area (Å²) in [5, 5.41) is 15.8. The molecule has 0 saturated heterocycles. The number of nitrogens with one attached hydrogen (secondary N) is 1. The van der Waals surface area contributed by atoms with Gasteiger partial charge >= 0.3 is 0 Å². The second kappa shape index (κ2) is 10.4. The van der Waals surface area contributed by atoms with Crippen LogP contribution in [0.3, 0.4) is 0 Å². The topological polar surface area (TPSA) is 49.3 Å². The van der Waals surface area contributed by atoms with Crippen LogP contribution in [0.15, 0.2) is 157 Å². The molecule has 0 aliphatic carbocycles. The molecule has 6 aromatic carbocycles. The fraction of sp³-hybridized carbons (Fsp3) is 0.0256. The molecule has 0 saturated carbocycles. The summed E-state index contributed by atoms with van der Waals surface area (Å²) in [5.41, 5.74) is 7.33. The lowest BCUT2D eigenvalue weighted by molar-refractivity contribution is 0.865. The molecule has 210 valence electrons. The van der Waals surface area contributed by atoms with Crippen molar-refractivity contribution in [3.8, 4) is 5.69 Å².